The molecular weight excluding hydrogens is 388 g/mol. The maximum Gasteiger partial charge on any atom is 0.270 e. The van der Waals surface area contributed by atoms with Gasteiger partial charge in [0.1, 0.15) is 5.69 Å². The van der Waals surface area contributed by atoms with Crippen molar-refractivity contribution >= 4 is 11.8 Å². The Labute approximate surface area is 185 Å². The Morgan fingerprint density at radius 3 is 2.35 bits per heavy atom. The van der Waals surface area contributed by atoms with E-state index < -0.39 is 0 Å². The normalized spacial score (nSPS) is 18.2. The second kappa shape index (κ2) is 10.1. The van der Waals surface area contributed by atoms with E-state index in [0.29, 0.717) is 32.2 Å². The van der Waals surface area contributed by atoms with Gasteiger partial charge in [-0.05, 0) is 30.5 Å². The Hall–Kier alpha value is -2.60. The summed E-state index contributed by atoms with van der Waals surface area (Å²) >= 11 is 0. The summed E-state index contributed by atoms with van der Waals surface area (Å²) in [6.45, 7) is 3.96. The van der Waals surface area contributed by atoms with Gasteiger partial charge in [-0.25, -0.2) is 0 Å². The fourth-order valence-corrected chi connectivity index (χ4v) is 4.77. The lowest BCUT2D eigenvalue weighted by Gasteiger charge is -2.37. The van der Waals surface area contributed by atoms with E-state index in [2.05, 4.69) is 17.0 Å². The van der Waals surface area contributed by atoms with Crippen molar-refractivity contribution in [2.45, 2.75) is 44.7 Å². The zero-order chi connectivity index (χ0) is 21.6. The molecule has 0 N–H and O–H groups in total. The fraction of sp³-hybridized carbons (Fsp3) is 0.520. The molecule has 1 aromatic carbocycles. The molecule has 2 aliphatic rings. The Balaban J connectivity index is 1.28. The van der Waals surface area contributed by atoms with Gasteiger partial charge < -0.3 is 14.4 Å². The number of amides is 2. The van der Waals surface area contributed by atoms with Gasteiger partial charge in [0, 0.05) is 52.0 Å². The molecule has 1 aliphatic heterocycles. The number of hydrogen-bond acceptors (Lipinski definition) is 3. The predicted molar refractivity (Wildman–Crippen MR) is 122 cm³/mol. The van der Waals surface area contributed by atoms with Crippen molar-refractivity contribution in [3.8, 4) is 0 Å². The maximum atomic E-state index is 13.1. The van der Waals surface area contributed by atoms with Gasteiger partial charge in [-0.2, -0.15) is 0 Å². The highest BCUT2D eigenvalue weighted by atomic mass is 16.2. The van der Waals surface area contributed by atoms with E-state index in [-0.39, 0.29) is 11.8 Å². The third kappa shape index (κ3) is 5.37. The van der Waals surface area contributed by atoms with Crippen LogP contribution in [-0.4, -0.2) is 76.9 Å². The number of likely N-dealkylation sites (N-methyl/N-ethyl adjacent to an activating group) is 1. The second-order valence-electron chi connectivity index (χ2n) is 8.87. The van der Waals surface area contributed by atoms with Crippen molar-refractivity contribution in [3.05, 3.63) is 59.9 Å². The lowest BCUT2D eigenvalue weighted by atomic mass is 9.94. The van der Waals surface area contributed by atoms with Gasteiger partial charge >= 0.3 is 0 Å². The summed E-state index contributed by atoms with van der Waals surface area (Å²) in [5, 5.41) is 0. The number of piperazine rings is 1. The van der Waals surface area contributed by atoms with Crippen molar-refractivity contribution < 1.29 is 9.59 Å². The number of aromatic nitrogens is 1. The van der Waals surface area contributed by atoms with Crippen LogP contribution in [0.1, 0.15) is 48.2 Å². The van der Waals surface area contributed by atoms with Crippen LogP contribution in [0.25, 0.3) is 0 Å². The van der Waals surface area contributed by atoms with E-state index >= 15 is 0 Å². The molecule has 31 heavy (non-hydrogen) atoms. The highest BCUT2D eigenvalue weighted by Gasteiger charge is 2.27. The Morgan fingerprint density at radius 1 is 0.935 bits per heavy atom. The Kier molecular flexibility index (Phi) is 7.07. The first-order valence-electron chi connectivity index (χ1n) is 11.6. The molecule has 0 atom stereocenters. The van der Waals surface area contributed by atoms with Crippen molar-refractivity contribution in [1.82, 2.24) is 19.3 Å². The van der Waals surface area contributed by atoms with Gasteiger partial charge in [-0.3, -0.25) is 14.5 Å². The lowest BCUT2D eigenvalue weighted by molar-refractivity contribution is -0.134. The SMILES string of the molecule is CN(C(=O)CN1CCN(C(=O)c2cccn2Cc2ccccc2)CC1)C1CCCCC1. The smallest absolute Gasteiger partial charge is 0.270 e. The minimum Gasteiger partial charge on any atom is -0.342 e. The molecule has 2 fully saturated rings. The first-order chi connectivity index (χ1) is 15.1. The highest BCUT2D eigenvalue weighted by molar-refractivity contribution is 5.93. The van der Waals surface area contributed by atoms with Crippen LogP contribution in [0, 0.1) is 0 Å². The van der Waals surface area contributed by atoms with Crippen molar-refractivity contribution in [2.75, 3.05) is 39.8 Å². The molecule has 1 saturated carbocycles. The molecule has 0 spiro atoms. The van der Waals surface area contributed by atoms with Crippen LogP contribution in [0.5, 0.6) is 0 Å². The van der Waals surface area contributed by atoms with Crippen LogP contribution in [0.2, 0.25) is 0 Å². The Morgan fingerprint density at radius 2 is 1.65 bits per heavy atom. The van der Waals surface area contributed by atoms with Gasteiger partial charge in [0.15, 0.2) is 0 Å². The maximum absolute atomic E-state index is 13.1. The number of rotatable bonds is 6. The van der Waals surface area contributed by atoms with Crippen molar-refractivity contribution in [3.63, 3.8) is 0 Å². The standard InChI is InChI=1S/C25H34N4O2/c1-26(22-11-6-3-7-12-22)24(30)20-27-15-17-28(18-16-27)25(31)23-13-8-14-29(23)19-21-9-4-2-5-10-21/h2,4-5,8-10,13-14,22H,3,6-7,11-12,15-20H2,1H3. The predicted octanol–water partition coefficient (Wildman–Crippen LogP) is 3.09. The minimum absolute atomic E-state index is 0.0752. The molecule has 2 heterocycles. The minimum atomic E-state index is 0.0752. The quantitative estimate of drug-likeness (QED) is 0.719. The zero-order valence-corrected chi connectivity index (χ0v) is 18.6. The summed E-state index contributed by atoms with van der Waals surface area (Å²) in [5.41, 5.74) is 1.91. The van der Waals surface area contributed by atoms with Gasteiger partial charge in [0.25, 0.3) is 5.91 Å². The number of carbonyl (C=O) groups excluding carboxylic acids is 2. The molecular formula is C25H34N4O2. The van der Waals surface area contributed by atoms with E-state index in [1.54, 1.807) is 0 Å². The van der Waals surface area contributed by atoms with Crippen LogP contribution < -0.4 is 0 Å². The summed E-state index contributed by atoms with van der Waals surface area (Å²) in [4.78, 5) is 31.9. The molecule has 0 unspecified atom stereocenters. The average molecular weight is 423 g/mol. The van der Waals surface area contributed by atoms with E-state index in [1.807, 2.05) is 57.9 Å². The van der Waals surface area contributed by atoms with E-state index in [9.17, 15) is 9.59 Å². The third-order valence-electron chi connectivity index (χ3n) is 6.78. The van der Waals surface area contributed by atoms with Crippen LogP contribution >= 0.6 is 0 Å². The summed E-state index contributed by atoms with van der Waals surface area (Å²) in [6, 6.07) is 14.4. The first kappa shape index (κ1) is 21.6. The molecule has 1 saturated heterocycles. The molecule has 1 aromatic heterocycles. The van der Waals surface area contributed by atoms with E-state index in [0.717, 1.165) is 31.6 Å². The van der Waals surface area contributed by atoms with Crippen LogP contribution in [0.4, 0.5) is 0 Å². The van der Waals surface area contributed by atoms with Crippen LogP contribution in [0.15, 0.2) is 48.7 Å². The lowest BCUT2D eigenvalue weighted by Crippen LogP contribution is -2.52. The number of hydrogen-bond donors (Lipinski definition) is 0. The fourth-order valence-electron chi connectivity index (χ4n) is 4.77. The zero-order valence-electron chi connectivity index (χ0n) is 18.6. The molecule has 2 amide bonds. The highest BCUT2D eigenvalue weighted by Crippen LogP contribution is 2.22. The van der Waals surface area contributed by atoms with E-state index in [1.165, 1.54) is 24.8 Å². The van der Waals surface area contributed by atoms with Crippen molar-refractivity contribution in [1.29, 1.82) is 0 Å². The molecule has 6 heteroatoms. The molecule has 6 nitrogen and oxygen atoms in total. The van der Waals surface area contributed by atoms with Gasteiger partial charge in [0.2, 0.25) is 5.91 Å². The summed E-state index contributed by atoms with van der Waals surface area (Å²) in [7, 11) is 1.96. The topological polar surface area (TPSA) is 48.8 Å². The van der Waals surface area contributed by atoms with Crippen LogP contribution in [0.3, 0.4) is 0 Å². The third-order valence-corrected chi connectivity index (χ3v) is 6.78. The molecule has 166 valence electrons. The molecule has 0 radical (unpaired) electrons. The summed E-state index contributed by atoms with van der Waals surface area (Å²) < 4.78 is 2.02. The Bertz CT molecular complexity index is 865. The monoisotopic (exact) mass is 422 g/mol. The number of carbonyl (C=O) groups is 2. The molecule has 4 rings (SSSR count). The van der Waals surface area contributed by atoms with Crippen molar-refractivity contribution in [2.24, 2.45) is 0 Å². The molecule has 2 aromatic rings. The largest absolute Gasteiger partial charge is 0.342 e. The first-order valence-corrected chi connectivity index (χ1v) is 11.6. The van der Waals surface area contributed by atoms with Gasteiger partial charge in [-0.1, -0.05) is 49.6 Å². The average Bonchev–Trinajstić information content (AvgIpc) is 3.28. The number of nitrogens with zero attached hydrogens (tertiary/aromatic N) is 4. The summed E-state index contributed by atoms with van der Waals surface area (Å²) in [6.07, 6.45) is 7.99. The second-order valence-corrected chi connectivity index (χ2v) is 8.87. The summed E-state index contributed by atoms with van der Waals surface area (Å²) in [5.74, 6) is 0.287. The van der Waals surface area contributed by atoms with Gasteiger partial charge in [0.05, 0.1) is 6.54 Å². The number of benzene rings is 1. The molecule has 1 aliphatic carbocycles. The van der Waals surface area contributed by atoms with Gasteiger partial charge in [-0.15, -0.1) is 0 Å². The molecule has 0 bridgehead atoms. The van der Waals surface area contributed by atoms with E-state index in [4.69, 9.17) is 0 Å². The van der Waals surface area contributed by atoms with Crippen LogP contribution in [-0.2, 0) is 11.3 Å².